The Morgan fingerprint density at radius 2 is 1.71 bits per heavy atom. The third kappa shape index (κ3) is 3.56. The summed E-state index contributed by atoms with van der Waals surface area (Å²) in [6, 6.07) is 15.8. The number of hydrogen-bond acceptors (Lipinski definition) is 3. The molecule has 0 bridgehead atoms. The second-order valence-electron chi connectivity index (χ2n) is 5.28. The third-order valence-electron chi connectivity index (χ3n) is 3.73. The quantitative estimate of drug-likeness (QED) is 0.825. The molecule has 0 amide bonds. The highest BCUT2D eigenvalue weighted by molar-refractivity contribution is 5.39. The largest absolute Gasteiger partial charge is 0.493 e. The maximum atomic E-state index is 9.77. The van der Waals surface area contributed by atoms with Crippen LogP contribution in [-0.4, -0.2) is 18.3 Å². The highest BCUT2D eigenvalue weighted by Gasteiger charge is 2.20. The maximum Gasteiger partial charge on any atom is 0.119 e. The highest BCUT2D eigenvalue weighted by atomic mass is 16.5. The van der Waals surface area contributed by atoms with Crippen molar-refractivity contribution in [1.29, 1.82) is 0 Å². The molecule has 0 spiro atoms. The van der Waals surface area contributed by atoms with E-state index in [2.05, 4.69) is 0 Å². The smallest absolute Gasteiger partial charge is 0.119 e. The first-order chi connectivity index (χ1) is 10.3. The Balaban J connectivity index is 1.42. The predicted octanol–water partition coefficient (Wildman–Crippen LogP) is 3.51. The average molecular weight is 284 g/mol. The van der Waals surface area contributed by atoms with Crippen molar-refractivity contribution in [3.8, 4) is 11.5 Å². The Bertz CT molecular complexity index is 580. The minimum atomic E-state index is -0.298. The molecule has 2 aromatic carbocycles. The van der Waals surface area contributed by atoms with Gasteiger partial charge < -0.3 is 14.6 Å². The normalized spacial score (nSPS) is 16.5. The zero-order valence-corrected chi connectivity index (χ0v) is 12.0. The van der Waals surface area contributed by atoms with Gasteiger partial charge in [-0.15, -0.1) is 0 Å². The molecule has 0 heterocycles. The summed E-state index contributed by atoms with van der Waals surface area (Å²) in [5.74, 6) is 1.77. The van der Waals surface area contributed by atoms with Crippen molar-refractivity contribution in [2.45, 2.75) is 25.4 Å². The van der Waals surface area contributed by atoms with Crippen molar-refractivity contribution in [2.24, 2.45) is 0 Å². The second kappa shape index (κ2) is 6.64. The first-order valence-electron chi connectivity index (χ1n) is 7.44. The van der Waals surface area contributed by atoms with Crippen molar-refractivity contribution in [1.82, 2.24) is 0 Å². The number of ether oxygens (including phenoxy) is 2. The summed E-state index contributed by atoms with van der Waals surface area (Å²) in [4.78, 5) is 0. The van der Waals surface area contributed by atoms with E-state index in [1.54, 1.807) is 0 Å². The van der Waals surface area contributed by atoms with Crippen LogP contribution in [0.3, 0.4) is 0 Å². The van der Waals surface area contributed by atoms with Gasteiger partial charge >= 0.3 is 0 Å². The summed E-state index contributed by atoms with van der Waals surface area (Å²) in [6.45, 7) is 1.28. The fourth-order valence-corrected chi connectivity index (χ4v) is 2.62. The molecule has 3 rings (SSSR count). The molecule has 1 N–H and O–H groups in total. The SMILES string of the molecule is O[C@@H]1CCc2cc(OCCCOc3ccccc3)ccc21. The van der Waals surface area contributed by atoms with Gasteiger partial charge in [-0.1, -0.05) is 24.3 Å². The van der Waals surface area contributed by atoms with Gasteiger partial charge in [0.2, 0.25) is 0 Å². The van der Waals surface area contributed by atoms with E-state index in [9.17, 15) is 5.11 Å². The molecule has 0 radical (unpaired) electrons. The molecule has 2 aromatic rings. The van der Waals surface area contributed by atoms with Crippen molar-refractivity contribution >= 4 is 0 Å². The molecule has 3 nitrogen and oxygen atoms in total. The summed E-state index contributed by atoms with van der Waals surface area (Å²) in [5.41, 5.74) is 2.26. The molecule has 1 aliphatic rings. The summed E-state index contributed by atoms with van der Waals surface area (Å²) in [6.07, 6.45) is 2.30. The van der Waals surface area contributed by atoms with E-state index in [4.69, 9.17) is 9.47 Å². The number of aryl methyl sites for hydroxylation is 1. The van der Waals surface area contributed by atoms with E-state index in [-0.39, 0.29) is 6.10 Å². The molecule has 110 valence electrons. The fourth-order valence-electron chi connectivity index (χ4n) is 2.62. The van der Waals surface area contributed by atoms with Gasteiger partial charge in [0.15, 0.2) is 0 Å². The van der Waals surface area contributed by atoms with Crippen molar-refractivity contribution in [3.05, 3.63) is 59.7 Å². The van der Waals surface area contributed by atoms with Crippen molar-refractivity contribution in [3.63, 3.8) is 0 Å². The molecule has 0 fully saturated rings. The number of benzene rings is 2. The molecule has 0 unspecified atom stereocenters. The minimum Gasteiger partial charge on any atom is -0.493 e. The number of hydrogen-bond donors (Lipinski definition) is 1. The number of para-hydroxylation sites is 1. The molecular formula is C18H20O3. The molecule has 1 atom stereocenters. The first-order valence-corrected chi connectivity index (χ1v) is 7.44. The van der Waals surface area contributed by atoms with Gasteiger partial charge in [0.05, 0.1) is 19.3 Å². The second-order valence-corrected chi connectivity index (χ2v) is 5.28. The van der Waals surface area contributed by atoms with Crippen LogP contribution < -0.4 is 9.47 Å². The van der Waals surface area contributed by atoms with Gasteiger partial charge in [-0.2, -0.15) is 0 Å². The van der Waals surface area contributed by atoms with Crippen LogP contribution in [0.25, 0.3) is 0 Å². The summed E-state index contributed by atoms with van der Waals surface area (Å²) >= 11 is 0. The van der Waals surface area contributed by atoms with Crippen LogP contribution >= 0.6 is 0 Å². The Morgan fingerprint density at radius 1 is 0.952 bits per heavy atom. The molecule has 0 saturated carbocycles. The Kier molecular flexibility index (Phi) is 4.41. The van der Waals surface area contributed by atoms with Gasteiger partial charge in [0, 0.05) is 6.42 Å². The zero-order chi connectivity index (χ0) is 14.5. The van der Waals surface area contributed by atoms with Crippen LogP contribution in [0.15, 0.2) is 48.5 Å². The van der Waals surface area contributed by atoms with E-state index in [1.165, 1.54) is 5.56 Å². The molecule has 21 heavy (non-hydrogen) atoms. The van der Waals surface area contributed by atoms with Crippen LogP contribution in [-0.2, 0) is 6.42 Å². The monoisotopic (exact) mass is 284 g/mol. The Hall–Kier alpha value is -2.00. The average Bonchev–Trinajstić information content (AvgIpc) is 2.89. The minimum absolute atomic E-state index is 0.298. The lowest BCUT2D eigenvalue weighted by molar-refractivity contribution is 0.180. The number of aliphatic hydroxyl groups excluding tert-OH is 1. The lowest BCUT2D eigenvalue weighted by Gasteiger charge is -2.10. The topological polar surface area (TPSA) is 38.7 Å². The molecule has 0 aromatic heterocycles. The molecular weight excluding hydrogens is 264 g/mol. The maximum absolute atomic E-state index is 9.77. The van der Waals surface area contributed by atoms with Crippen molar-refractivity contribution < 1.29 is 14.6 Å². The Morgan fingerprint density at radius 3 is 2.52 bits per heavy atom. The van der Waals surface area contributed by atoms with Gasteiger partial charge in [0.1, 0.15) is 11.5 Å². The number of fused-ring (bicyclic) bond motifs is 1. The van der Waals surface area contributed by atoms with Crippen molar-refractivity contribution in [2.75, 3.05) is 13.2 Å². The number of rotatable bonds is 6. The van der Waals surface area contributed by atoms with E-state index >= 15 is 0 Å². The van der Waals surface area contributed by atoms with E-state index < -0.39 is 0 Å². The first kappa shape index (κ1) is 14.0. The lowest BCUT2D eigenvalue weighted by Crippen LogP contribution is -2.05. The van der Waals surface area contributed by atoms with Crippen LogP contribution in [0, 0.1) is 0 Å². The van der Waals surface area contributed by atoms with Crippen LogP contribution in [0.4, 0.5) is 0 Å². The van der Waals surface area contributed by atoms with Gasteiger partial charge in [0.25, 0.3) is 0 Å². The summed E-state index contributed by atoms with van der Waals surface area (Å²) in [7, 11) is 0. The zero-order valence-electron chi connectivity index (χ0n) is 12.0. The number of aliphatic hydroxyl groups is 1. The van der Waals surface area contributed by atoms with E-state index in [0.717, 1.165) is 36.3 Å². The predicted molar refractivity (Wildman–Crippen MR) is 81.8 cm³/mol. The van der Waals surface area contributed by atoms with E-state index in [0.29, 0.717) is 13.2 Å². The lowest BCUT2D eigenvalue weighted by atomic mass is 10.1. The van der Waals surface area contributed by atoms with Gasteiger partial charge in [-0.05, 0) is 48.2 Å². The summed E-state index contributed by atoms with van der Waals surface area (Å²) in [5, 5.41) is 9.77. The molecule has 0 aliphatic heterocycles. The molecule has 0 saturated heterocycles. The molecule has 1 aliphatic carbocycles. The standard InChI is InChI=1S/C18H20O3/c19-18-10-7-14-13-16(8-9-17(14)18)21-12-4-11-20-15-5-2-1-3-6-15/h1-3,5-6,8-9,13,18-19H,4,7,10-12H2/t18-/m1/s1. The Labute approximate surface area is 125 Å². The van der Waals surface area contributed by atoms with Gasteiger partial charge in [-0.3, -0.25) is 0 Å². The van der Waals surface area contributed by atoms with Crippen LogP contribution in [0.2, 0.25) is 0 Å². The fraction of sp³-hybridized carbons (Fsp3) is 0.333. The van der Waals surface area contributed by atoms with Crippen LogP contribution in [0.5, 0.6) is 11.5 Å². The van der Waals surface area contributed by atoms with E-state index in [1.807, 2.05) is 48.5 Å². The van der Waals surface area contributed by atoms with Gasteiger partial charge in [-0.25, -0.2) is 0 Å². The third-order valence-corrected chi connectivity index (χ3v) is 3.73. The highest BCUT2D eigenvalue weighted by Crippen LogP contribution is 2.33. The molecule has 3 heteroatoms. The van der Waals surface area contributed by atoms with Crippen LogP contribution in [0.1, 0.15) is 30.1 Å². The summed E-state index contributed by atoms with van der Waals surface area (Å²) < 4.78 is 11.4.